The number of fused-ring (bicyclic) bond motifs is 1. The number of esters is 1. The molecule has 1 saturated heterocycles. The third kappa shape index (κ3) is 5.36. The van der Waals surface area contributed by atoms with Crippen molar-refractivity contribution in [2.45, 2.75) is 31.9 Å². The number of carbonyl (C=O) groups excluding carboxylic acids is 1. The Hall–Kier alpha value is -4.28. The van der Waals surface area contributed by atoms with Gasteiger partial charge in [0.1, 0.15) is 5.69 Å². The van der Waals surface area contributed by atoms with Crippen molar-refractivity contribution in [2.75, 3.05) is 31.1 Å². The number of aromatic nitrogens is 2. The van der Waals surface area contributed by atoms with E-state index >= 15 is 0 Å². The van der Waals surface area contributed by atoms with Crippen LogP contribution in [0.25, 0.3) is 11.0 Å². The largest absolute Gasteiger partial charge is 0.462 e. The second-order valence-corrected chi connectivity index (χ2v) is 9.72. The van der Waals surface area contributed by atoms with Crippen LogP contribution in [0.5, 0.6) is 0 Å². The van der Waals surface area contributed by atoms with Gasteiger partial charge >= 0.3 is 5.97 Å². The summed E-state index contributed by atoms with van der Waals surface area (Å²) >= 11 is 0. The van der Waals surface area contributed by atoms with E-state index in [0.29, 0.717) is 30.1 Å². The van der Waals surface area contributed by atoms with Gasteiger partial charge in [-0.2, -0.15) is 5.26 Å². The fraction of sp³-hybridized carbons (Fsp3) is 0.290. The second-order valence-electron chi connectivity index (χ2n) is 9.72. The van der Waals surface area contributed by atoms with Crippen molar-refractivity contribution in [3.63, 3.8) is 0 Å². The number of nitrogens with zero attached hydrogens (tertiary/aromatic N) is 5. The zero-order chi connectivity index (χ0) is 26.5. The lowest BCUT2D eigenvalue weighted by atomic mass is 9.96. The molecule has 192 valence electrons. The number of rotatable bonds is 7. The molecule has 0 amide bonds. The Balaban J connectivity index is 1.46. The molecule has 0 unspecified atom stereocenters. The Kier molecular flexibility index (Phi) is 7.62. The quantitative estimate of drug-likeness (QED) is 0.323. The molecule has 3 aromatic carbocycles. The van der Waals surface area contributed by atoms with Gasteiger partial charge in [-0.1, -0.05) is 72.8 Å². The highest BCUT2D eigenvalue weighted by Crippen LogP contribution is 2.32. The van der Waals surface area contributed by atoms with Gasteiger partial charge in [0, 0.05) is 26.2 Å². The predicted molar refractivity (Wildman–Crippen MR) is 148 cm³/mol. The molecule has 1 fully saturated rings. The number of hydrogen-bond acceptors (Lipinski definition) is 7. The first kappa shape index (κ1) is 25.4. The van der Waals surface area contributed by atoms with Crippen molar-refractivity contribution in [3.05, 3.63) is 102 Å². The number of ether oxygens (including phenoxy) is 1. The second kappa shape index (κ2) is 11.4. The first-order valence-corrected chi connectivity index (χ1v) is 13.0. The van der Waals surface area contributed by atoms with Crippen molar-refractivity contribution < 1.29 is 9.53 Å². The molecule has 0 radical (unpaired) electrons. The molecule has 7 heteroatoms. The highest BCUT2D eigenvalue weighted by Gasteiger charge is 2.33. The molecule has 1 aromatic heterocycles. The molecule has 7 nitrogen and oxygen atoms in total. The molecule has 0 saturated carbocycles. The normalized spacial score (nSPS) is 15.0. The molecule has 4 aromatic rings. The SMILES string of the molecule is CC(C)OC(=O)[C@H](C#N)c1nc2ccccc2nc1N1CCN(C(c2ccccc2)c2ccccc2)CC1. The lowest BCUT2D eigenvalue weighted by Crippen LogP contribution is -2.48. The van der Waals surface area contributed by atoms with Gasteiger partial charge < -0.3 is 9.64 Å². The maximum atomic E-state index is 12.9. The minimum atomic E-state index is -1.15. The first-order chi connectivity index (χ1) is 18.5. The summed E-state index contributed by atoms with van der Waals surface area (Å²) in [6.07, 6.45) is -0.327. The number of nitriles is 1. The number of carbonyl (C=O) groups is 1. The average molecular weight is 506 g/mol. The van der Waals surface area contributed by atoms with Crippen LogP contribution >= 0.6 is 0 Å². The van der Waals surface area contributed by atoms with Crippen molar-refractivity contribution in [2.24, 2.45) is 0 Å². The Morgan fingerprint density at radius 3 is 1.87 bits per heavy atom. The minimum absolute atomic E-state index is 0.134. The van der Waals surface area contributed by atoms with Crippen LogP contribution in [-0.4, -0.2) is 53.1 Å². The van der Waals surface area contributed by atoms with Gasteiger partial charge in [0.25, 0.3) is 0 Å². The number of hydrogen-bond donors (Lipinski definition) is 0. The van der Waals surface area contributed by atoms with E-state index in [1.54, 1.807) is 13.8 Å². The van der Waals surface area contributed by atoms with Crippen LogP contribution in [0.2, 0.25) is 0 Å². The predicted octanol–water partition coefficient (Wildman–Crippen LogP) is 5.10. The van der Waals surface area contributed by atoms with E-state index in [4.69, 9.17) is 14.7 Å². The summed E-state index contributed by atoms with van der Waals surface area (Å²) in [7, 11) is 0. The van der Waals surface area contributed by atoms with E-state index in [1.807, 2.05) is 36.4 Å². The summed E-state index contributed by atoms with van der Waals surface area (Å²) in [4.78, 5) is 27.2. The fourth-order valence-corrected chi connectivity index (χ4v) is 5.03. The highest BCUT2D eigenvalue weighted by atomic mass is 16.5. The van der Waals surface area contributed by atoms with Crippen LogP contribution in [0.3, 0.4) is 0 Å². The van der Waals surface area contributed by atoms with Crippen molar-refractivity contribution >= 4 is 22.8 Å². The molecule has 0 aliphatic carbocycles. The lowest BCUT2D eigenvalue weighted by Gasteiger charge is -2.40. The maximum absolute atomic E-state index is 12.9. The molecule has 38 heavy (non-hydrogen) atoms. The summed E-state index contributed by atoms with van der Waals surface area (Å²) in [5, 5.41) is 9.98. The molecule has 5 rings (SSSR count). The van der Waals surface area contributed by atoms with Gasteiger partial charge in [-0.3, -0.25) is 9.69 Å². The maximum Gasteiger partial charge on any atom is 0.329 e. The third-order valence-electron chi connectivity index (χ3n) is 6.78. The van der Waals surface area contributed by atoms with E-state index in [-0.39, 0.29) is 12.1 Å². The average Bonchev–Trinajstić information content (AvgIpc) is 2.94. The molecule has 0 bridgehead atoms. The zero-order valence-corrected chi connectivity index (χ0v) is 21.7. The highest BCUT2D eigenvalue weighted by molar-refractivity contribution is 5.85. The van der Waals surface area contributed by atoms with Gasteiger partial charge in [0.15, 0.2) is 11.7 Å². The Morgan fingerprint density at radius 2 is 1.34 bits per heavy atom. The van der Waals surface area contributed by atoms with Gasteiger partial charge in [-0.25, -0.2) is 9.97 Å². The number of benzene rings is 3. The summed E-state index contributed by atoms with van der Waals surface area (Å²) in [5.41, 5.74) is 4.23. The topological polar surface area (TPSA) is 82.3 Å². The van der Waals surface area contributed by atoms with Crippen LogP contribution in [-0.2, 0) is 9.53 Å². The van der Waals surface area contributed by atoms with E-state index < -0.39 is 11.9 Å². The molecular weight excluding hydrogens is 474 g/mol. The Bertz CT molecular complexity index is 1390. The van der Waals surface area contributed by atoms with Crippen LogP contribution < -0.4 is 4.90 Å². The third-order valence-corrected chi connectivity index (χ3v) is 6.78. The van der Waals surface area contributed by atoms with Crippen molar-refractivity contribution in [1.29, 1.82) is 5.26 Å². The smallest absolute Gasteiger partial charge is 0.329 e. The number of anilines is 1. The van der Waals surface area contributed by atoms with E-state index in [2.05, 4.69) is 64.4 Å². The van der Waals surface area contributed by atoms with Crippen molar-refractivity contribution in [1.82, 2.24) is 14.9 Å². The molecule has 0 spiro atoms. The van der Waals surface area contributed by atoms with Gasteiger partial charge in [0.2, 0.25) is 0 Å². The first-order valence-electron chi connectivity index (χ1n) is 13.0. The lowest BCUT2D eigenvalue weighted by molar-refractivity contribution is -0.147. The summed E-state index contributed by atoms with van der Waals surface area (Å²) < 4.78 is 5.40. The van der Waals surface area contributed by atoms with Crippen LogP contribution in [0.15, 0.2) is 84.9 Å². The van der Waals surface area contributed by atoms with E-state index in [0.717, 1.165) is 18.6 Å². The Morgan fingerprint density at radius 1 is 0.816 bits per heavy atom. The fourth-order valence-electron chi connectivity index (χ4n) is 5.03. The zero-order valence-electron chi connectivity index (χ0n) is 21.7. The van der Waals surface area contributed by atoms with Gasteiger partial charge in [-0.15, -0.1) is 0 Å². The van der Waals surface area contributed by atoms with E-state index in [9.17, 15) is 10.1 Å². The molecule has 1 atom stereocenters. The molecule has 0 N–H and O–H groups in total. The van der Waals surface area contributed by atoms with Gasteiger partial charge in [-0.05, 0) is 37.1 Å². The van der Waals surface area contributed by atoms with E-state index in [1.165, 1.54) is 11.1 Å². The minimum Gasteiger partial charge on any atom is -0.462 e. The number of para-hydroxylation sites is 2. The van der Waals surface area contributed by atoms with Gasteiger partial charge in [0.05, 0.1) is 29.2 Å². The monoisotopic (exact) mass is 505 g/mol. The summed E-state index contributed by atoms with van der Waals surface area (Å²) in [5.74, 6) is -1.17. The van der Waals surface area contributed by atoms with Crippen LogP contribution in [0.4, 0.5) is 5.82 Å². The summed E-state index contributed by atoms with van der Waals surface area (Å²) in [6.45, 7) is 6.50. The van der Waals surface area contributed by atoms with Crippen LogP contribution in [0, 0.1) is 11.3 Å². The molecule has 2 heterocycles. The summed E-state index contributed by atoms with van der Waals surface area (Å²) in [6, 6.07) is 30.9. The van der Waals surface area contributed by atoms with Crippen LogP contribution in [0.1, 0.15) is 42.6 Å². The molecular formula is C31H31N5O2. The Labute approximate surface area is 223 Å². The van der Waals surface area contributed by atoms with Crippen molar-refractivity contribution in [3.8, 4) is 6.07 Å². The molecule has 1 aliphatic heterocycles. The molecule has 1 aliphatic rings. The standard InChI is InChI=1S/C31H31N5O2/c1-22(2)38-31(37)25(21-32)28-30(34-27-16-10-9-15-26(27)33-28)36-19-17-35(18-20-36)29(23-11-5-3-6-12-23)24-13-7-4-8-14-24/h3-16,22,25,29H,17-20H2,1-2H3/t25-/m1/s1. The number of piperazine rings is 1.